The Hall–Kier alpha value is -1.91. The van der Waals surface area contributed by atoms with Gasteiger partial charge in [0.25, 0.3) is 0 Å². The lowest BCUT2D eigenvalue weighted by Gasteiger charge is -2.20. The maximum Gasteiger partial charge on any atom is 0.117 e. The number of thiophene rings is 1. The third-order valence-electron chi connectivity index (χ3n) is 3.07. The lowest BCUT2D eigenvalue weighted by Crippen LogP contribution is -2.21. The summed E-state index contributed by atoms with van der Waals surface area (Å²) in [5.74, 6) is 0.996. The quantitative estimate of drug-likeness (QED) is 0.686. The zero-order chi connectivity index (χ0) is 13.6. The summed E-state index contributed by atoms with van der Waals surface area (Å²) >= 11 is 1.79. The molecule has 20 heavy (non-hydrogen) atoms. The third-order valence-corrected chi connectivity index (χ3v) is 3.94. The Morgan fingerprint density at radius 1 is 1.00 bits per heavy atom. The number of hydrogen-bond donors (Lipinski definition) is 0. The molecule has 0 amide bonds. The molecule has 0 aromatic carbocycles. The lowest BCUT2D eigenvalue weighted by molar-refractivity contribution is 0.229. The number of pyridine rings is 1. The molecular formula is C16H16N2OS. The first-order chi connectivity index (χ1) is 9.90. The van der Waals surface area contributed by atoms with Crippen LogP contribution in [-0.4, -0.2) is 9.88 Å². The Kier molecular flexibility index (Phi) is 4.25. The summed E-state index contributed by atoms with van der Waals surface area (Å²) in [6, 6.07) is 12.3. The zero-order valence-corrected chi connectivity index (χ0v) is 11.9. The molecule has 0 spiro atoms. The van der Waals surface area contributed by atoms with Gasteiger partial charge in [-0.05, 0) is 41.3 Å². The van der Waals surface area contributed by atoms with Gasteiger partial charge in [0.15, 0.2) is 0 Å². The second-order valence-corrected chi connectivity index (χ2v) is 5.69. The summed E-state index contributed by atoms with van der Waals surface area (Å²) in [6.07, 6.45) is 5.40. The molecule has 3 rings (SSSR count). The molecule has 4 heteroatoms. The number of aromatic nitrogens is 1. The number of rotatable bonds is 6. The molecule has 0 saturated carbocycles. The number of hydrogen-bond acceptors (Lipinski definition) is 4. The SMILES string of the molecule is c1coc(CN(Cc2ccncc2)Cc2cccs2)c1. The monoisotopic (exact) mass is 284 g/mol. The zero-order valence-electron chi connectivity index (χ0n) is 11.1. The second-order valence-electron chi connectivity index (χ2n) is 4.66. The third kappa shape index (κ3) is 3.56. The molecule has 0 atom stereocenters. The Labute approximate surface area is 122 Å². The van der Waals surface area contributed by atoms with E-state index in [1.807, 2.05) is 24.5 Å². The molecule has 0 aliphatic rings. The van der Waals surface area contributed by atoms with Crippen molar-refractivity contribution in [3.8, 4) is 0 Å². The van der Waals surface area contributed by atoms with Gasteiger partial charge in [0, 0.05) is 30.4 Å². The van der Waals surface area contributed by atoms with Crippen LogP contribution in [0.25, 0.3) is 0 Å². The van der Waals surface area contributed by atoms with Gasteiger partial charge in [0.1, 0.15) is 5.76 Å². The van der Waals surface area contributed by atoms with Gasteiger partial charge in [-0.25, -0.2) is 0 Å². The number of furan rings is 1. The van der Waals surface area contributed by atoms with E-state index in [9.17, 15) is 0 Å². The van der Waals surface area contributed by atoms with Crippen molar-refractivity contribution >= 4 is 11.3 Å². The first-order valence-corrected chi connectivity index (χ1v) is 7.44. The minimum absolute atomic E-state index is 0.813. The molecule has 3 nitrogen and oxygen atoms in total. The topological polar surface area (TPSA) is 29.3 Å². The van der Waals surface area contributed by atoms with Crippen molar-refractivity contribution in [1.82, 2.24) is 9.88 Å². The summed E-state index contributed by atoms with van der Waals surface area (Å²) < 4.78 is 5.47. The molecule has 0 unspecified atom stereocenters. The van der Waals surface area contributed by atoms with Crippen molar-refractivity contribution < 1.29 is 4.42 Å². The van der Waals surface area contributed by atoms with Crippen LogP contribution in [0.1, 0.15) is 16.2 Å². The highest BCUT2D eigenvalue weighted by atomic mass is 32.1. The Morgan fingerprint density at radius 2 is 1.90 bits per heavy atom. The minimum Gasteiger partial charge on any atom is -0.468 e. The predicted octanol–water partition coefficient (Wildman–Crippen LogP) is 3.94. The average molecular weight is 284 g/mol. The van der Waals surface area contributed by atoms with E-state index in [4.69, 9.17) is 4.42 Å². The van der Waals surface area contributed by atoms with Crippen molar-refractivity contribution in [2.24, 2.45) is 0 Å². The minimum atomic E-state index is 0.813. The maximum absolute atomic E-state index is 5.47. The molecule has 0 N–H and O–H groups in total. The molecule has 0 saturated heterocycles. The van der Waals surface area contributed by atoms with E-state index in [0.717, 1.165) is 25.4 Å². The van der Waals surface area contributed by atoms with E-state index < -0.39 is 0 Å². The maximum atomic E-state index is 5.47. The van der Waals surface area contributed by atoms with Gasteiger partial charge in [-0.1, -0.05) is 6.07 Å². The molecule has 102 valence electrons. The highest BCUT2D eigenvalue weighted by Crippen LogP contribution is 2.17. The fourth-order valence-corrected chi connectivity index (χ4v) is 2.91. The fraction of sp³-hybridized carbons (Fsp3) is 0.188. The van der Waals surface area contributed by atoms with E-state index in [1.54, 1.807) is 17.6 Å². The van der Waals surface area contributed by atoms with E-state index in [0.29, 0.717) is 0 Å². The fourth-order valence-electron chi connectivity index (χ4n) is 2.16. The Balaban J connectivity index is 1.72. The van der Waals surface area contributed by atoms with E-state index in [2.05, 4.69) is 39.5 Å². The summed E-state index contributed by atoms with van der Waals surface area (Å²) in [5.41, 5.74) is 1.27. The van der Waals surface area contributed by atoms with Crippen LogP contribution in [0, 0.1) is 0 Å². The molecule has 0 radical (unpaired) electrons. The average Bonchev–Trinajstić information content (AvgIpc) is 3.13. The normalized spacial score (nSPS) is 11.1. The van der Waals surface area contributed by atoms with Gasteiger partial charge in [0.2, 0.25) is 0 Å². The molecule has 0 fully saturated rings. The van der Waals surface area contributed by atoms with Crippen molar-refractivity contribution in [3.05, 3.63) is 76.6 Å². The first-order valence-electron chi connectivity index (χ1n) is 6.56. The first kappa shape index (κ1) is 13.1. The number of nitrogens with zero attached hydrogens (tertiary/aromatic N) is 2. The van der Waals surface area contributed by atoms with E-state index >= 15 is 0 Å². The van der Waals surface area contributed by atoms with Crippen LogP contribution in [0.3, 0.4) is 0 Å². The summed E-state index contributed by atoms with van der Waals surface area (Å²) in [6.45, 7) is 2.63. The predicted molar refractivity (Wildman–Crippen MR) is 80.2 cm³/mol. The van der Waals surface area contributed by atoms with Gasteiger partial charge < -0.3 is 4.42 Å². The summed E-state index contributed by atoms with van der Waals surface area (Å²) in [7, 11) is 0. The Morgan fingerprint density at radius 3 is 2.60 bits per heavy atom. The van der Waals surface area contributed by atoms with Crippen molar-refractivity contribution in [1.29, 1.82) is 0 Å². The van der Waals surface area contributed by atoms with E-state index in [1.165, 1.54) is 10.4 Å². The van der Waals surface area contributed by atoms with Crippen LogP contribution >= 0.6 is 11.3 Å². The Bertz CT molecular complexity index is 569. The van der Waals surface area contributed by atoms with Crippen LogP contribution in [-0.2, 0) is 19.6 Å². The highest BCUT2D eigenvalue weighted by molar-refractivity contribution is 7.09. The molecule has 3 aromatic heterocycles. The van der Waals surface area contributed by atoms with Gasteiger partial charge in [-0.3, -0.25) is 9.88 Å². The second kappa shape index (κ2) is 6.50. The highest BCUT2D eigenvalue weighted by Gasteiger charge is 2.10. The van der Waals surface area contributed by atoms with Crippen molar-refractivity contribution in [2.75, 3.05) is 0 Å². The van der Waals surface area contributed by atoms with E-state index in [-0.39, 0.29) is 0 Å². The van der Waals surface area contributed by atoms with Gasteiger partial charge in [0.05, 0.1) is 12.8 Å². The van der Waals surface area contributed by atoms with Crippen LogP contribution in [0.2, 0.25) is 0 Å². The van der Waals surface area contributed by atoms with Gasteiger partial charge in [-0.15, -0.1) is 11.3 Å². The molecule has 0 aliphatic heterocycles. The van der Waals surface area contributed by atoms with Crippen LogP contribution in [0.5, 0.6) is 0 Å². The van der Waals surface area contributed by atoms with Crippen molar-refractivity contribution in [3.63, 3.8) is 0 Å². The lowest BCUT2D eigenvalue weighted by atomic mass is 10.2. The standard InChI is InChI=1S/C16H16N2OS/c1-3-15(19-9-1)12-18(13-16-4-2-10-20-16)11-14-5-7-17-8-6-14/h1-10H,11-13H2. The summed E-state index contributed by atoms with van der Waals surface area (Å²) in [5, 5.41) is 2.12. The summed E-state index contributed by atoms with van der Waals surface area (Å²) in [4.78, 5) is 7.81. The smallest absolute Gasteiger partial charge is 0.117 e. The molecule has 0 aliphatic carbocycles. The van der Waals surface area contributed by atoms with Crippen LogP contribution < -0.4 is 0 Å². The molecular weight excluding hydrogens is 268 g/mol. The van der Waals surface area contributed by atoms with Crippen LogP contribution in [0.15, 0.2) is 64.9 Å². The van der Waals surface area contributed by atoms with Crippen molar-refractivity contribution in [2.45, 2.75) is 19.6 Å². The van der Waals surface area contributed by atoms with Gasteiger partial charge in [-0.2, -0.15) is 0 Å². The molecule has 3 heterocycles. The molecule has 3 aromatic rings. The van der Waals surface area contributed by atoms with Gasteiger partial charge >= 0.3 is 0 Å². The largest absolute Gasteiger partial charge is 0.468 e. The van der Waals surface area contributed by atoms with Crippen LogP contribution in [0.4, 0.5) is 0 Å². The molecule has 0 bridgehead atoms.